The third kappa shape index (κ3) is 5.07. The predicted octanol–water partition coefficient (Wildman–Crippen LogP) is 3.22. The molecular formula is C23H25ClN4O2. The molecule has 0 atom stereocenters. The summed E-state index contributed by atoms with van der Waals surface area (Å²) in [5.74, 6) is -0.0220. The molecule has 1 fully saturated rings. The van der Waals surface area contributed by atoms with Gasteiger partial charge in [-0.1, -0.05) is 35.9 Å². The molecule has 2 aromatic carbocycles. The fourth-order valence-corrected chi connectivity index (χ4v) is 4.00. The Bertz CT molecular complexity index is 1070. The van der Waals surface area contributed by atoms with Gasteiger partial charge >= 0.3 is 0 Å². The lowest BCUT2D eigenvalue weighted by molar-refractivity contribution is -0.122. The summed E-state index contributed by atoms with van der Waals surface area (Å²) in [6.45, 7) is 3.12. The monoisotopic (exact) mass is 424 g/mol. The molecule has 3 aromatic rings. The van der Waals surface area contributed by atoms with Crippen LogP contribution in [0.3, 0.4) is 0 Å². The molecule has 4 rings (SSSR count). The molecule has 0 bridgehead atoms. The van der Waals surface area contributed by atoms with Crippen molar-refractivity contribution in [3.05, 3.63) is 75.8 Å². The van der Waals surface area contributed by atoms with Gasteiger partial charge in [0.2, 0.25) is 5.91 Å². The molecule has 156 valence electrons. The van der Waals surface area contributed by atoms with Crippen LogP contribution in [0.25, 0.3) is 10.9 Å². The summed E-state index contributed by atoms with van der Waals surface area (Å²) in [7, 11) is 0. The van der Waals surface area contributed by atoms with Crippen LogP contribution in [-0.2, 0) is 17.9 Å². The number of halogens is 1. The highest BCUT2D eigenvalue weighted by Crippen LogP contribution is 2.16. The highest BCUT2D eigenvalue weighted by atomic mass is 35.5. The third-order valence-electron chi connectivity index (χ3n) is 5.58. The smallest absolute Gasteiger partial charge is 0.261 e. The summed E-state index contributed by atoms with van der Waals surface area (Å²) in [6, 6.07) is 15.4. The molecular weight excluding hydrogens is 400 g/mol. The number of carbonyl (C=O) groups is 1. The van der Waals surface area contributed by atoms with Crippen molar-refractivity contribution in [2.24, 2.45) is 0 Å². The molecule has 0 unspecified atom stereocenters. The van der Waals surface area contributed by atoms with Gasteiger partial charge < -0.3 is 5.32 Å². The second-order valence-electron chi connectivity index (χ2n) is 7.75. The van der Waals surface area contributed by atoms with Crippen LogP contribution in [0, 0.1) is 0 Å². The Morgan fingerprint density at radius 2 is 1.83 bits per heavy atom. The summed E-state index contributed by atoms with van der Waals surface area (Å²) < 4.78 is 1.51. The molecule has 0 spiro atoms. The number of amides is 1. The number of hydrogen-bond acceptors (Lipinski definition) is 4. The lowest BCUT2D eigenvalue weighted by Gasteiger charge is -2.32. The Labute approximate surface area is 180 Å². The number of hydrogen-bond donors (Lipinski definition) is 1. The van der Waals surface area contributed by atoms with E-state index in [2.05, 4.69) is 27.3 Å². The first-order valence-electron chi connectivity index (χ1n) is 10.3. The van der Waals surface area contributed by atoms with E-state index in [1.165, 1.54) is 16.5 Å². The van der Waals surface area contributed by atoms with E-state index >= 15 is 0 Å². The van der Waals surface area contributed by atoms with Crippen LogP contribution in [0.2, 0.25) is 5.02 Å². The van der Waals surface area contributed by atoms with Crippen LogP contribution in [0.4, 0.5) is 0 Å². The molecule has 6 nitrogen and oxygen atoms in total. The maximum absolute atomic E-state index is 12.5. The topological polar surface area (TPSA) is 67.2 Å². The highest BCUT2D eigenvalue weighted by Gasteiger charge is 2.20. The van der Waals surface area contributed by atoms with Crippen molar-refractivity contribution in [1.82, 2.24) is 19.8 Å². The fraction of sp³-hybridized carbons (Fsp3) is 0.348. The van der Waals surface area contributed by atoms with Crippen LogP contribution < -0.4 is 10.9 Å². The zero-order valence-corrected chi connectivity index (χ0v) is 17.5. The number of carbonyl (C=O) groups excluding carboxylic acids is 1. The maximum Gasteiger partial charge on any atom is 0.261 e. The largest absolute Gasteiger partial charge is 0.353 e. The first-order valence-corrected chi connectivity index (χ1v) is 10.7. The molecule has 2 heterocycles. The molecule has 7 heteroatoms. The van der Waals surface area contributed by atoms with Gasteiger partial charge in [-0.3, -0.25) is 19.1 Å². The standard InChI is InChI=1S/C23H25ClN4O2/c24-18-7-5-17(6-8-18)15-27-12-9-19(10-13-27)26-22(29)11-14-28-16-25-21-4-2-1-3-20(21)23(28)30/h1-8,16,19H,9-15H2,(H,26,29). The minimum atomic E-state index is -0.107. The van der Waals surface area contributed by atoms with Gasteiger partial charge in [-0.25, -0.2) is 4.98 Å². The van der Waals surface area contributed by atoms with E-state index in [0.717, 1.165) is 37.5 Å². The molecule has 0 radical (unpaired) electrons. The van der Waals surface area contributed by atoms with Crippen molar-refractivity contribution in [1.29, 1.82) is 0 Å². The Balaban J connectivity index is 1.24. The lowest BCUT2D eigenvalue weighted by Crippen LogP contribution is -2.44. The number of benzene rings is 2. The van der Waals surface area contributed by atoms with E-state index in [1.807, 2.05) is 30.3 Å². The van der Waals surface area contributed by atoms with E-state index in [4.69, 9.17) is 11.6 Å². The Hall–Kier alpha value is -2.70. The summed E-state index contributed by atoms with van der Waals surface area (Å²) in [4.78, 5) is 31.6. The van der Waals surface area contributed by atoms with E-state index in [0.29, 0.717) is 17.4 Å². The minimum absolute atomic E-state index is 0.0220. The van der Waals surface area contributed by atoms with Gasteiger partial charge in [0.15, 0.2) is 0 Å². The summed E-state index contributed by atoms with van der Waals surface area (Å²) in [6.07, 6.45) is 3.64. The highest BCUT2D eigenvalue weighted by molar-refractivity contribution is 6.30. The van der Waals surface area contributed by atoms with Gasteiger partial charge in [0.05, 0.1) is 17.2 Å². The SMILES string of the molecule is O=C(CCn1cnc2ccccc2c1=O)NC1CCN(Cc2ccc(Cl)cc2)CC1. The Morgan fingerprint density at radius 3 is 2.60 bits per heavy atom. The van der Waals surface area contributed by atoms with Crippen LogP contribution in [0.1, 0.15) is 24.8 Å². The fourth-order valence-electron chi connectivity index (χ4n) is 3.87. The molecule has 1 aromatic heterocycles. The van der Waals surface area contributed by atoms with Crippen molar-refractivity contribution >= 4 is 28.4 Å². The van der Waals surface area contributed by atoms with Crippen LogP contribution >= 0.6 is 11.6 Å². The van der Waals surface area contributed by atoms with Crippen LogP contribution in [-0.4, -0.2) is 39.5 Å². The van der Waals surface area contributed by atoms with Crippen LogP contribution in [0.15, 0.2) is 59.7 Å². The minimum Gasteiger partial charge on any atom is -0.353 e. The van der Waals surface area contributed by atoms with Gasteiger partial charge in [-0.2, -0.15) is 0 Å². The molecule has 1 aliphatic rings. The normalized spacial score (nSPS) is 15.4. The third-order valence-corrected chi connectivity index (χ3v) is 5.84. The summed E-state index contributed by atoms with van der Waals surface area (Å²) in [5, 5.41) is 4.45. The number of aryl methyl sites for hydroxylation is 1. The second kappa shape index (κ2) is 9.41. The molecule has 1 amide bonds. The van der Waals surface area contributed by atoms with Gasteiger partial charge in [0, 0.05) is 43.7 Å². The number of nitrogens with zero attached hydrogens (tertiary/aromatic N) is 3. The Morgan fingerprint density at radius 1 is 1.10 bits per heavy atom. The van der Waals surface area contributed by atoms with Gasteiger partial charge in [0.1, 0.15) is 0 Å². The van der Waals surface area contributed by atoms with Crippen LogP contribution in [0.5, 0.6) is 0 Å². The van der Waals surface area contributed by atoms with Gasteiger partial charge in [-0.15, -0.1) is 0 Å². The maximum atomic E-state index is 12.5. The number of piperidine rings is 1. The predicted molar refractivity (Wildman–Crippen MR) is 119 cm³/mol. The van der Waals surface area contributed by atoms with Crippen molar-refractivity contribution in [3.8, 4) is 0 Å². The lowest BCUT2D eigenvalue weighted by atomic mass is 10.0. The molecule has 1 saturated heterocycles. The molecule has 30 heavy (non-hydrogen) atoms. The van der Waals surface area contributed by atoms with Gasteiger partial charge in [0.25, 0.3) is 5.56 Å². The van der Waals surface area contributed by atoms with Gasteiger partial charge in [-0.05, 0) is 42.7 Å². The van der Waals surface area contributed by atoms with Crippen molar-refractivity contribution in [3.63, 3.8) is 0 Å². The first-order chi connectivity index (χ1) is 14.6. The quantitative estimate of drug-likeness (QED) is 0.659. The van der Waals surface area contributed by atoms with E-state index in [1.54, 1.807) is 6.07 Å². The summed E-state index contributed by atoms with van der Waals surface area (Å²) in [5.41, 5.74) is 1.81. The second-order valence-corrected chi connectivity index (χ2v) is 8.19. The van der Waals surface area contributed by atoms with Crippen molar-refractivity contribution in [2.75, 3.05) is 13.1 Å². The number of likely N-dealkylation sites (tertiary alicyclic amines) is 1. The number of nitrogens with one attached hydrogen (secondary N) is 1. The Kier molecular flexibility index (Phi) is 6.45. The number of aromatic nitrogens is 2. The van der Waals surface area contributed by atoms with E-state index in [-0.39, 0.29) is 23.9 Å². The number of rotatable bonds is 6. The average Bonchev–Trinajstić information content (AvgIpc) is 2.76. The molecule has 1 N–H and O–H groups in total. The molecule has 1 aliphatic heterocycles. The van der Waals surface area contributed by atoms with Crippen molar-refractivity contribution in [2.45, 2.75) is 38.4 Å². The number of fused-ring (bicyclic) bond motifs is 1. The zero-order valence-electron chi connectivity index (χ0n) is 16.8. The first kappa shape index (κ1) is 20.6. The number of para-hydroxylation sites is 1. The zero-order chi connectivity index (χ0) is 20.9. The molecule has 0 aliphatic carbocycles. The van der Waals surface area contributed by atoms with E-state index < -0.39 is 0 Å². The van der Waals surface area contributed by atoms with Crippen molar-refractivity contribution < 1.29 is 4.79 Å². The summed E-state index contributed by atoms with van der Waals surface area (Å²) >= 11 is 5.94. The molecule has 0 saturated carbocycles. The van der Waals surface area contributed by atoms with E-state index in [9.17, 15) is 9.59 Å². The average molecular weight is 425 g/mol.